The van der Waals surface area contributed by atoms with E-state index in [4.69, 9.17) is 4.74 Å². The lowest BCUT2D eigenvalue weighted by atomic mass is 10.0. The van der Waals surface area contributed by atoms with E-state index in [9.17, 15) is 19.2 Å². The highest BCUT2D eigenvalue weighted by Crippen LogP contribution is 2.24. The van der Waals surface area contributed by atoms with Crippen LogP contribution >= 0.6 is 0 Å². The summed E-state index contributed by atoms with van der Waals surface area (Å²) in [5, 5.41) is 7.51. The minimum Gasteiger partial charge on any atom is -0.497 e. The highest BCUT2D eigenvalue weighted by atomic mass is 16.5. The molecule has 0 aromatic heterocycles. The molecule has 0 unspecified atom stereocenters. The number of hydrogen-bond acceptors (Lipinski definition) is 5. The van der Waals surface area contributed by atoms with Crippen molar-refractivity contribution in [3.05, 3.63) is 23.8 Å². The van der Waals surface area contributed by atoms with Gasteiger partial charge in [0.1, 0.15) is 5.75 Å². The van der Waals surface area contributed by atoms with E-state index in [0.717, 1.165) is 0 Å². The maximum Gasteiger partial charge on any atom is 0.243 e. The molecule has 134 valence electrons. The molecule has 1 aromatic rings. The van der Waals surface area contributed by atoms with Gasteiger partial charge < -0.3 is 20.7 Å². The van der Waals surface area contributed by atoms with Gasteiger partial charge in [0, 0.05) is 24.5 Å². The molecular weight excluding hydrogens is 326 g/mol. The summed E-state index contributed by atoms with van der Waals surface area (Å²) in [7, 11) is 1.49. The number of amides is 3. The van der Waals surface area contributed by atoms with Gasteiger partial charge in [-0.05, 0) is 25.0 Å². The molecule has 0 spiro atoms. The fourth-order valence-electron chi connectivity index (χ4n) is 2.41. The smallest absolute Gasteiger partial charge is 0.243 e. The third-order valence-electron chi connectivity index (χ3n) is 3.75. The third-order valence-corrected chi connectivity index (χ3v) is 3.75. The van der Waals surface area contributed by atoms with E-state index in [2.05, 4.69) is 16.0 Å². The summed E-state index contributed by atoms with van der Waals surface area (Å²) < 4.78 is 5.13. The molecular formula is C17H21N3O5. The Morgan fingerprint density at radius 2 is 1.56 bits per heavy atom. The fraction of sp³-hybridized carbons (Fsp3) is 0.412. The topological polar surface area (TPSA) is 114 Å². The van der Waals surface area contributed by atoms with Gasteiger partial charge in [-0.2, -0.15) is 0 Å². The van der Waals surface area contributed by atoms with Gasteiger partial charge >= 0.3 is 0 Å². The van der Waals surface area contributed by atoms with E-state index in [1.807, 2.05) is 0 Å². The van der Waals surface area contributed by atoms with Gasteiger partial charge in [-0.3, -0.25) is 19.2 Å². The number of Topliss-reactive ketones (excluding diaryl/α,β-unsaturated/α-hetero) is 1. The molecule has 8 heteroatoms. The Balaban J connectivity index is 2.21. The SMILES string of the molecule is COc1ccc2c(c1)NC(=O)CNC(=O)CNC(=O)CCCCC2=O. The number of nitrogens with one attached hydrogen (secondary N) is 3. The lowest BCUT2D eigenvalue weighted by Crippen LogP contribution is -2.40. The number of benzene rings is 1. The Morgan fingerprint density at radius 3 is 2.32 bits per heavy atom. The number of hydrogen-bond donors (Lipinski definition) is 3. The Bertz CT molecular complexity index is 687. The molecule has 0 fully saturated rings. The van der Waals surface area contributed by atoms with Crippen LogP contribution in [0.2, 0.25) is 0 Å². The zero-order valence-electron chi connectivity index (χ0n) is 14.0. The number of carbonyl (C=O) groups is 4. The average Bonchev–Trinajstić information content (AvgIpc) is 2.61. The summed E-state index contributed by atoms with van der Waals surface area (Å²) in [4.78, 5) is 47.7. The number of ether oxygens (including phenoxy) is 1. The summed E-state index contributed by atoms with van der Waals surface area (Å²) in [6.07, 6.45) is 1.59. The van der Waals surface area contributed by atoms with Crippen molar-refractivity contribution in [3.63, 3.8) is 0 Å². The molecule has 3 N–H and O–H groups in total. The Hall–Kier alpha value is -2.90. The van der Waals surface area contributed by atoms with Crippen molar-refractivity contribution in [3.8, 4) is 5.75 Å². The molecule has 0 radical (unpaired) electrons. The van der Waals surface area contributed by atoms with Crippen molar-refractivity contribution < 1.29 is 23.9 Å². The van der Waals surface area contributed by atoms with E-state index in [1.54, 1.807) is 18.2 Å². The van der Waals surface area contributed by atoms with Crippen LogP contribution in [0.4, 0.5) is 5.69 Å². The van der Waals surface area contributed by atoms with E-state index in [-0.39, 0.29) is 37.6 Å². The predicted molar refractivity (Wildman–Crippen MR) is 90.4 cm³/mol. The second kappa shape index (κ2) is 8.81. The molecule has 25 heavy (non-hydrogen) atoms. The summed E-state index contributed by atoms with van der Waals surface area (Å²) >= 11 is 0. The largest absolute Gasteiger partial charge is 0.497 e. The molecule has 0 saturated heterocycles. The standard InChI is InChI=1S/C17H21N3O5/c1-25-11-6-7-12-13(8-11)20-17(24)10-19-16(23)9-18-15(22)5-3-2-4-14(12)21/h6-8H,2-5,9-10H2,1H3,(H,18,22)(H,19,23)(H,20,24). The highest BCUT2D eigenvalue weighted by molar-refractivity contribution is 6.05. The van der Waals surface area contributed by atoms with Crippen molar-refractivity contribution in [1.29, 1.82) is 0 Å². The van der Waals surface area contributed by atoms with Crippen molar-refractivity contribution in [2.24, 2.45) is 0 Å². The van der Waals surface area contributed by atoms with E-state index >= 15 is 0 Å². The van der Waals surface area contributed by atoms with Crippen LogP contribution in [-0.2, 0) is 14.4 Å². The first kappa shape index (κ1) is 18.4. The molecule has 0 bridgehead atoms. The van der Waals surface area contributed by atoms with Crippen LogP contribution in [-0.4, -0.2) is 43.7 Å². The van der Waals surface area contributed by atoms with Gasteiger partial charge in [0.05, 0.1) is 25.9 Å². The molecule has 2 rings (SSSR count). The Morgan fingerprint density at radius 1 is 0.880 bits per heavy atom. The Labute approximate surface area is 145 Å². The van der Waals surface area contributed by atoms with Gasteiger partial charge in [-0.1, -0.05) is 0 Å². The summed E-state index contributed by atoms with van der Waals surface area (Å²) in [5.74, 6) is -0.815. The monoisotopic (exact) mass is 347 g/mol. The molecule has 1 aliphatic heterocycles. The normalized spacial score (nSPS) is 17.3. The minimum absolute atomic E-state index is 0.128. The van der Waals surface area contributed by atoms with Crippen LogP contribution in [0.5, 0.6) is 5.75 Å². The summed E-state index contributed by atoms with van der Waals surface area (Å²) in [5.41, 5.74) is 0.715. The van der Waals surface area contributed by atoms with Crippen LogP contribution in [0.15, 0.2) is 18.2 Å². The van der Waals surface area contributed by atoms with Gasteiger partial charge in [-0.25, -0.2) is 0 Å². The predicted octanol–water partition coefficient (Wildman–Crippen LogP) is 0.623. The second-order valence-electron chi connectivity index (χ2n) is 5.64. The number of methoxy groups -OCH3 is 1. The lowest BCUT2D eigenvalue weighted by Gasteiger charge is -2.12. The number of ketones is 1. The number of carbonyl (C=O) groups excluding carboxylic acids is 4. The molecule has 0 aliphatic carbocycles. The zero-order valence-corrected chi connectivity index (χ0v) is 14.0. The minimum atomic E-state index is -0.475. The van der Waals surface area contributed by atoms with Crippen LogP contribution in [0.25, 0.3) is 0 Å². The first-order valence-electron chi connectivity index (χ1n) is 8.04. The Kier molecular flexibility index (Phi) is 6.50. The average molecular weight is 347 g/mol. The van der Waals surface area contributed by atoms with E-state index in [1.165, 1.54) is 7.11 Å². The number of anilines is 1. The van der Waals surface area contributed by atoms with Crippen molar-refractivity contribution in [2.45, 2.75) is 25.7 Å². The van der Waals surface area contributed by atoms with Crippen LogP contribution in [0.1, 0.15) is 36.0 Å². The van der Waals surface area contributed by atoms with Gasteiger partial charge in [0.2, 0.25) is 17.7 Å². The van der Waals surface area contributed by atoms with Gasteiger partial charge in [0.25, 0.3) is 0 Å². The lowest BCUT2D eigenvalue weighted by molar-refractivity contribution is -0.127. The van der Waals surface area contributed by atoms with E-state index in [0.29, 0.717) is 29.8 Å². The molecule has 1 aromatic carbocycles. The molecule has 1 aliphatic rings. The van der Waals surface area contributed by atoms with Crippen LogP contribution < -0.4 is 20.7 Å². The first-order chi connectivity index (χ1) is 12.0. The van der Waals surface area contributed by atoms with Crippen LogP contribution in [0.3, 0.4) is 0 Å². The molecule has 1 heterocycles. The van der Waals surface area contributed by atoms with Crippen molar-refractivity contribution >= 4 is 29.2 Å². The number of rotatable bonds is 1. The van der Waals surface area contributed by atoms with Gasteiger partial charge in [0.15, 0.2) is 5.78 Å². The zero-order chi connectivity index (χ0) is 18.2. The van der Waals surface area contributed by atoms with Crippen LogP contribution in [0, 0.1) is 0 Å². The summed E-state index contributed by atoms with van der Waals surface area (Å²) in [6.45, 7) is -0.449. The molecule has 0 saturated carbocycles. The molecule has 3 amide bonds. The first-order valence-corrected chi connectivity index (χ1v) is 8.04. The molecule has 8 nitrogen and oxygen atoms in total. The van der Waals surface area contributed by atoms with E-state index < -0.39 is 11.8 Å². The summed E-state index contributed by atoms with van der Waals surface area (Å²) in [6, 6.07) is 4.81. The van der Waals surface area contributed by atoms with Crippen molar-refractivity contribution in [2.75, 3.05) is 25.5 Å². The second-order valence-corrected chi connectivity index (χ2v) is 5.64. The maximum absolute atomic E-state index is 12.4. The quantitative estimate of drug-likeness (QED) is 0.689. The maximum atomic E-state index is 12.4. The fourth-order valence-corrected chi connectivity index (χ4v) is 2.41. The third kappa shape index (κ3) is 5.59. The number of fused-ring (bicyclic) bond motifs is 1. The highest BCUT2D eigenvalue weighted by Gasteiger charge is 2.16. The van der Waals surface area contributed by atoms with Crippen molar-refractivity contribution in [1.82, 2.24) is 10.6 Å². The molecule has 0 atom stereocenters. The van der Waals surface area contributed by atoms with Gasteiger partial charge in [-0.15, -0.1) is 0 Å².